The van der Waals surface area contributed by atoms with Gasteiger partial charge in [0.1, 0.15) is 17.3 Å². The van der Waals surface area contributed by atoms with Gasteiger partial charge in [0.2, 0.25) is 0 Å². The van der Waals surface area contributed by atoms with Crippen molar-refractivity contribution in [1.29, 1.82) is 0 Å². The number of anilines is 1. The predicted molar refractivity (Wildman–Crippen MR) is 120 cm³/mol. The Kier molecular flexibility index (Phi) is 6.11. The van der Waals surface area contributed by atoms with Gasteiger partial charge < -0.3 is 14.8 Å². The molecule has 0 bridgehead atoms. The van der Waals surface area contributed by atoms with Crippen molar-refractivity contribution in [3.63, 3.8) is 0 Å². The first-order valence-corrected chi connectivity index (χ1v) is 10.8. The summed E-state index contributed by atoms with van der Waals surface area (Å²) in [5, 5.41) is 5.06. The first-order chi connectivity index (χ1) is 15.0. The molecule has 0 aliphatic carbocycles. The van der Waals surface area contributed by atoms with Gasteiger partial charge in [0.25, 0.3) is 5.91 Å². The van der Waals surface area contributed by atoms with E-state index in [1.165, 1.54) is 36.6 Å². The molecule has 2 heterocycles. The summed E-state index contributed by atoms with van der Waals surface area (Å²) >= 11 is 7.79. The second-order valence-electron chi connectivity index (χ2n) is 6.66. The third-order valence-corrected chi connectivity index (χ3v) is 5.59. The summed E-state index contributed by atoms with van der Waals surface area (Å²) in [7, 11) is 1.49. The zero-order valence-corrected chi connectivity index (χ0v) is 18.4. The van der Waals surface area contributed by atoms with Gasteiger partial charge in [0.15, 0.2) is 16.5 Å². The average Bonchev–Trinajstić information content (AvgIpc) is 3.35. The van der Waals surface area contributed by atoms with Crippen molar-refractivity contribution in [1.82, 2.24) is 9.38 Å². The number of imidazole rings is 1. The molecule has 31 heavy (non-hydrogen) atoms. The summed E-state index contributed by atoms with van der Waals surface area (Å²) in [6.45, 7) is 2.46. The van der Waals surface area contributed by atoms with Crippen LogP contribution in [0.15, 0.2) is 48.0 Å². The molecule has 0 saturated carbocycles. The number of hydrogen-bond donors (Lipinski definition) is 1. The molecule has 0 atom stereocenters. The van der Waals surface area contributed by atoms with Crippen LogP contribution in [0.5, 0.6) is 11.5 Å². The smallest absolute Gasteiger partial charge is 0.257 e. The fourth-order valence-electron chi connectivity index (χ4n) is 3.09. The lowest BCUT2D eigenvalue weighted by Gasteiger charge is -2.14. The van der Waals surface area contributed by atoms with Crippen LogP contribution in [0.2, 0.25) is 5.02 Å². The normalized spacial score (nSPS) is 11.0. The van der Waals surface area contributed by atoms with E-state index >= 15 is 0 Å². The van der Waals surface area contributed by atoms with E-state index in [4.69, 9.17) is 21.1 Å². The number of amides is 1. The number of fused-ring (bicyclic) bond motifs is 1. The van der Waals surface area contributed by atoms with E-state index in [2.05, 4.69) is 10.3 Å². The Balaban J connectivity index is 1.70. The SMILES string of the molecule is CCCOc1c(Cl)cc(C(=O)Nc2c(-c3ccc(F)cc3)nc3sccn23)cc1OC. The van der Waals surface area contributed by atoms with E-state index in [1.807, 2.05) is 18.5 Å². The monoisotopic (exact) mass is 459 g/mol. The van der Waals surface area contributed by atoms with Crippen molar-refractivity contribution in [2.24, 2.45) is 0 Å². The van der Waals surface area contributed by atoms with Crippen LogP contribution in [-0.2, 0) is 0 Å². The molecular formula is C22H19ClFN3O3S. The minimum Gasteiger partial charge on any atom is -0.493 e. The second-order valence-corrected chi connectivity index (χ2v) is 7.94. The van der Waals surface area contributed by atoms with Crippen LogP contribution in [0, 0.1) is 5.82 Å². The van der Waals surface area contributed by atoms with Gasteiger partial charge in [-0.15, -0.1) is 11.3 Å². The number of carbonyl (C=O) groups excluding carboxylic acids is 1. The molecule has 0 spiro atoms. The Morgan fingerprint density at radius 1 is 1.29 bits per heavy atom. The third kappa shape index (κ3) is 4.22. The van der Waals surface area contributed by atoms with E-state index in [-0.39, 0.29) is 10.8 Å². The number of rotatable bonds is 7. The third-order valence-electron chi connectivity index (χ3n) is 4.55. The summed E-state index contributed by atoms with van der Waals surface area (Å²) in [5.41, 5.74) is 1.54. The van der Waals surface area contributed by atoms with Crippen molar-refractivity contribution in [2.45, 2.75) is 13.3 Å². The molecule has 1 amide bonds. The molecule has 6 nitrogen and oxygen atoms in total. The lowest BCUT2D eigenvalue weighted by molar-refractivity contribution is 0.102. The average molecular weight is 460 g/mol. The number of methoxy groups -OCH3 is 1. The molecule has 1 N–H and O–H groups in total. The fraction of sp³-hybridized carbons (Fsp3) is 0.182. The van der Waals surface area contributed by atoms with Crippen molar-refractivity contribution in [2.75, 3.05) is 19.0 Å². The number of carbonyl (C=O) groups is 1. The molecule has 4 aromatic rings. The van der Waals surface area contributed by atoms with E-state index in [9.17, 15) is 9.18 Å². The molecule has 0 unspecified atom stereocenters. The lowest BCUT2D eigenvalue weighted by atomic mass is 10.1. The topological polar surface area (TPSA) is 64.9 Å². The summed E-state index contributed by atoms with van der Waals surface area (Å²) in [6, 6.07) is 9.07. The highest BCUT2D eigenvalue weighted by molar-refractivity contribution is 7.15. The molecule has 0 aliphatic heterocycles. The maximum atomic E-state index is 13.4. The zero-order chi connectivity index (χ0) is 22.0. The largest absolute Gasteiger partial charge is 0.493 e. The molecular weight excluding hydrogens is 441 g/mol. The summed E-state index contributed by atoms with van der Waals surface area (Å²) < 4.78 is 26.2. The Labute approximate surface area is 187 Å². The minimum atomic E-state index is -0.390. The van der Waals surface area contributed by atoms with Crippen LogP contribution >= 0.6 is 22.9 Å². The van der Waals surface area contributed by atoms with E-state index in [0.29, 0.717) is 45.7 Å². The Hall–Kier alpha value is -3.10. The van der Waals surface area contributed by atoms with Crippen LogP contribution < -0.4 is 14.8 Å². The molecule has 2 aromatic heterocycles. The van der Waals surface area contributed by atoms with Crippen molar-refractivity contribution in [3.05, 3.63) is 64.4 Å². The fourth-order valence-corrected chi connectivity index (χ4v) is 4.07. The van der Waals surface area contributed by atoms with Gasteiger partial charge in [-0.1, -0.05) is 18.5 Å². The van der Waals surface area contributed by atoms with Crippen LogP contribution in [0.4, 0.5) is 10.2 Å². The maximum Gasteiger partial charge on any atom is 0.257 e. The highest BCUT2D eigenvalue weighted by Gasteiger charge is 2.20. The highest BCUT2D eigenvalue weighted by Crippen LogP contribution is 2.37. The standard InChI is InChI=1S/C22H19ClFN3O3S/c1-3-9-30-19-16(23)11-14(12-17(19)29-2)21(28)26-20-18(13-4-6-15(24)7-5-13)25-22-27(20)8-10-31-22/h4-8,10-12H,3,9H2,1-2H3,(H,26,28). The molecule has 0 radical (unpaired) electrons. The Morgan fingerprint density at radius 2 is 2.06 bits per heavy atom. The Morgan fingerprint density at radius 3 is 2.77 bits per heavy atom. The second kappa shape index (κ2) is 8.95. The highest BCUT2D eigenvalue weighted by atomic mass is 35.5. The summed E-state index contributed by atoms with van der Waals surface area (Å²) in [5.74, 6) is 0.522. The predicted octanol–water partition coefficient (Wildman–Crippen LogP) is 5.91. The number of nitrogens with one attached hydrogen (secondary N) is 1. The molecule has 4 rings (SSSR count). The van der Waals surface area contributed by atoms with Gasteiger partial charge >= 0.3 is 0 Å². The number of nitrogens with zero attached hydrogens (tertiary/aromatic N) is 2. The Bertz CT molecular complexity index is 1240. The zero-order valence-electron chi connectivity index (χ0n) is 16.8. The lowest BCUT2D eigenvalue weighted by Crippen LogP contribution is -2.14. The van der Waals surface area contributed by atoms with Gasteiger partial charge in [0, 0.05) is 22.7 Å². The molecule has 0 aliphatic rings. The number of ether oxygens (including phenoxy) is 2. The molecule has 0 saturated heterocycles. The number of benzene rings is 2. The maximum absolute atomic E-state index is 13.4. The molecule has 0 fully saturated rings. The van der Waals surface area contributed by atoms with Gasteiger partial charge in [-0.2, -0.15) is 0 Å². The molecule has 9 heteroatoms. The van der Waals surface area contributed by atoms with Crippen molar-refractivity contribution in [3.8, 4) is 22.8 Å². The number of hydrogen-bond acceptors (Lipinski definition) is 5. The quantitative estimate of drug-likeness (QED) is 0.373. The van der Waals surface area contributed by atoms with E-state index < -0.39 is 5.91 Å². The van der Waals surface area contributed by atoms with Gasteiger partial charge in [0.05, 0.1) is 18.7 Å². The number of halogens is 2. The summed E-state index contributed by atoms with van der Waals surface area (Å²) in [4.78, 5) is 18.4. The number of thiazole rings is 1. The summed E-state index contributed by atoms with van der Waals surface area (Å²) in [6.07, 6.45) is 2.62. The van der Waals surface area contributed by atoms with Crippen molar-refractivity contribution < 1.29 is 18.7 Å². The first-order valence-electron chi connectivity index (χ1n) is 9.55. The van der Waals surface area contributed by atoms with Crippen LogP contribution in [-0.4, -0.2) is 29.0 Å². The van der Waals surface area contributed by atoms with Gasteiger partial charge in [-0.05, 0) is 42.8 Å². The van der Waals surface area contributed by atoms with Crippen LogP contribution in [0.1, 0.15) is 23.7 Å². The van der Waals surface area contributed by atoms with Gasteiger partial charge in [-0.3, -0.25) is 9.20 Å². The molecule has 2 aromatic carbocycles. The van der Waals surface area contributed by atoms with E-state index in [1.54, 1.807) is 22.6 Å². The van der Waals surface area contributed by atoms with Crippen LogP contribution in [0.3, 0.4) is 0 Å². The molecule has 160 valence electrons. The number of aromatic nitrogens is 2. The van der Waals surface area contributed by atoms with Crippen LogP contribution in [0.25, 0.3) is 16.2 Å². The first kappa shape index (κ1) is 21.1. The van der Waals surface area contributed by atoms with Crippen molar-refractivity contribution >= 4 is 39.6 Å². The van der Waals surface area contributed by atoms with E-state index in [0.717, 1.165) is 6.42 Å². The van der Waals surface area contributed by atoms with Gasteiger partial charge in [-0.25, -0.2) is 9.37 Å². The minimum absolute atomic E-state index is 0.283.